The fourth-order valence-corrected chi connectivity index (χ4v) is 3.64. The van der Waals surface area contributed by atoms with Crippen LogP contribution in [0.25, 0.3) is 0 Å². The second kappa shape index (κ2) is 6.29. The van der Waals surface area contributed by atoms with E-state index >= 15 is 0 Å². The molecule has 0 atom stereocenters. The van der Waals surface area contributed by atoms with Crippen molar-refractivity contribution in [3.63, 3.8) is 0 Å². The van der Waals surface area contributed by atoms with Gasteiger partial charge in [-0.25, -0.2) is 4.98 Å². The first kappa shape index (κ1) is 15.5. The average molecular weight is 307 g/mol. The molecule has 2 rings (SSSR count). The van der Waals surface area contributed by atoms with Gasteiger partial charge in [-0.3, -0.25) is 0 Å². The topological polar surface area (TPSA) is 24.9 Å². The lowest BCUT2D eigenvalue weighted by atomic mass is 10.1. The Labute approximate surface area is 130 Å². The Hall–Kier alpha value is -0.840. The molecule has 20 heavy (non-hydrogen) atoms. The third-order valence-corrected chi connectivity index (χ3v) is 5.09. The Morgan fingerprint density at radius 2 is 2.00 bits per heavy atom. The molecule has 1 aromatic carbocycles. The van der Waals surface area contributed by atoms with Crippen molar-refractivity contribution in [2.24, 2.45) is 0 Å². The molecule has 0 bridgehead atoms. The van der Waals surface area contributed by atoms with Crippen molar-refractivity contribution in [2.75, 3.05) is 0 Å². The fraction of sp³-hybridized carbons (Fsp3) is 0.438. The molecule has 0 aliphatic rings. The Morgan fingerprint density at radius 3 is 2.55 bits per heavy atom. The third kappa shape index (κ3) is 4.62. The molecule has 0 fully saturated rings. The number of nitrogens with one attached hydrogen (secondary N) is 1. The minimum absolute atomic E-state index is 0.153. The molecule has 0 aliphatic heterocycles. The van der Waals surface area contributed by atoms with E-state index in [4.69, 9.17) is 0 Å². The van der Waals surface area contributed by atoms with Gasteiger partial charge in [-0.1, -0.05) is 23.9 Å². The van der Waals surface area contributed by atoms with Gasteiger partial charge in [-0.2, -0.15) is 0 Å². The van der Waals surface area contributed by atoms with Crippen LogP contribution >= 0.6 is 23.1 Å². The number of hydrogen-bond acceptors (Lipinski definition) is 4. The Balaban J connectivity index is 2.06. The Kier molecular flexibility index (Phi) is 4.89. The number of nitrogens with zero attached hydrogens (tertiary/aromatic N) is 1. The summed E-state index contributed by atoms with van der Waals surface area (Å²) in [5, 5.41) is 5.62. The summed E-state index contributed by atoms with van der Waals surface area (Å²) in [6, 6.07) is 6.67. The molecule has 1 aromatic heterocycles. The van der Waals surface area contributed by atoms with Crippen LogP contribution in [0.2, 0.25) is 0 Å². The van der Waals surface area contributed by atoms with E-state index in [0.717, 1.165) is 16.6 Å². The molecule has 0 amide bonds. The van der Waals surface area contributed by atoms with E-state index in [1.807, 2.05) is 6.92 Å². The number of rotatable bonds is 4. The summed E-state index contributed by atoms with van der Waals surface area (Å²) in [5.74, 6) is 0. The summed E-state index contributed by atoms with van der Waals surface area (Å²) in [4.78, 5) is 5.80. The predicted molar refractivity (Wildman–Crippen MR) is 88.7 cm³/mol. The van der Waals surface area contributed by atoms with Gasteiger partial charge in [0.2, 0.25) is 0 Å². The van der Waals surface area contributed by atoms with Gasteiger partial charge >= 0.3 is 0 Å². The molecule has 0 spiro atoms. The highest BCUT2D eigenvalue weighted by molar-refractivity contribution is 8.01. The smallest absolute Gasteiger partial charge is 0.154 e. The monoisotopic (exact) mass is 306 g/mol. The highest BCUT2D eigenvalue weighted by Gasteiger charge is 2.10. The van der Waals surface area contributed by atoms with Gasteiger partial charge in [-0.15, -0.1) is 11.3 Å². The van der Waals surface area contributed by atoms with E-state index in [2.05, 4.69) is 61.6 Å². The van der Waals surface area contributed by atoms with Gasteiger partial charge in [0.05, 0.1) is 0 Å². The molecule has 1 N–H and O–H groups in total. The van der Waals surface area contributed by atoms with E-state index < -0.39 is 0 Å². The number of aromatic nitrogens is 1. The maximum atomic E-state index is 4.51. The molecule has 4 heteroatoms. The standard InChI is InChI=1S/C16H22N2S2/c1-11-8-13(9-17-16(3,4)5)6-7-14(11)20-15-18-12(2)10-19-15/h6-8,10,17H,9H2,1-5H3. The van der Waals surface area contributed by atoms with E-state index in [-0.39, 0.29) is 5.54 Å². The first-order valence-electron chi connectivity index (χ1n) is 6.78. The summed E-state index contributed by atoms with van der Waals surface area (Å²) in [5.41, 5.74) is 3.90. The van der Waals surface area contributed by atoms with Gasteiger partial charge < -0.3 is 5.32 Å². The summed E-state index contributed by atoms with van der Waals surface area (Å²) >= 11 is 3.46. The molecule has 1 heterocycles. The van der Waals surface area contributed by atoms with Crippen molar-refractivity contribution in [2.45, 2.75) is 55.9 Å². The molecule has 0 saturated carbocycles. The summed E-state index contributed by atoms with van der Waals surface area (Å²) in [6.07, 6.45) is 0. The molecular formula is C16H22N2S2. The quantitative estimate of drug-likeness (QED) is 0.878. The van der Waals surface area contributed by atoms with Gasteiger partial charge in [0.1, 0.15) is 0 Å². The minimum atomic E-state index is 0.153. The van der Waals surface area contributed by atoms with E-state index in [9.17, 15) is 0 Å². The largest absolute Gasteiger partial charge is 0.308 e. The molecule has 0 radical (unpaired) electrons. The number of thiazole rings is 1. The van der Waals surface area contributed by atoms with Crippen LogP contribution in [0.5, 0.6) is 0 Å². The highest BCUT2D eigenvalue weighted by atomic mass is 32.2. The van der Waals surface area contributed by atoms with Crippen LogP contribution in [0.4, 0.5) is 0 Å². The lowest BCUT2D eigenvalue weighted by Gasteiger charge is -2.20. The number of hydrogen-bond donors (Lipinski definition) is 1. The summed E-state index contributed by atoms with van der Waals surface area (Å²) in [6.45, 7) is 11.7. The van der Waals surface area contributed by atoms with Crippen molar-refractivity contribution in [3.8, 4) is 0 Å². The van der Waals surface area contributed by atoms with Crippen molar-refractivity contribution in [1.82, 2.24) is 10.3 Å². The summed E-state index contributed by atoms with van der Waals surface area (Å²) in [7, 11) is 0. The zero-order valence-electron chi connectivity index (χ0n) is 12.8. The highest BCUT2D eigenvalue weighted by Crippen LogP contribution is 2.32. The van der Waals surface area contributed by atoms with Gasteiger partial charge in [0.25, 0.3) is 0 Å². The molecule has 2 nitrogen and oxygen atoms in total. The van der Waals surface area contributed by atoms with Crippen LogP contribution < -0.4 is 5.32 Å². The molecule has 0 saturated heterocycles. The third-order valence-electron chi connectivity index (χ3n) is 2.86. The minimum Gasteiger partial charge on any atom is -0.308 e. The van der Waals surface area contributed by atoms with Crippen LogP contribution in [-0.2, 0) is 6.54 Å². The summed E-state index contributed by atoms with van der Waals surface area (Å²) < 4.78 is 1.12. The van der Waals surface area contributed by atoms with Crippen LogP contribution in [0.3, 0.4) is 0 Å². The first-order valence-corrected chi connectivity index (χ1v) is 8.48. The van der Waals surface area contributed by atoms with Crippen molar-refractivity contribution in [1.29, 1.82) is 0 Å². The zero-order valence-corrected chi connectivity index (χ0v) is 14.4. The van der Waals surface area contributed by atoms with Crippen LogP contribution in [-0.4, -0.2) is 10.5 Å². The van der Waals surface area contributed by atoms with Crippen molar-refractivity contribution < 1.29 is 0 Å². The molecule has 0 unspecified atom stereocenters. The van der Waals surface area contributed by atoms with Crippen molar-refractivity contribution in [3.05, 3.63) is 40.4 Å². The molecule has 108 valence electrons. The first-order chi connectivity index (χ1) is 9.33. The normalized spacial score (nSPS) is 11.8. The van der Waals surface area contributed by atoms with E-state index in [1.165, 1.54) is 16.0 Å². The van der Waals surface area contributed by atoms with Crippen molar-refractivity contribution >= 4 is 23.1 Å². The SMILES string of the molecule is Cc1csc(Sc2ccc(CNC(C)(C)C)cc2C)n1. The lowest BCUT2D eigenvalue weighted by molar-refractivity contribution is 0.424. The molecule has 2 aromatic rings. The fourth-order valence-electron chi connectivity index (χ4n) is 1.78. The van der Waals surface area contributed by atoms with Crippen LogP contribution in [0, 0.1) is 13.8 Å². The Bertz CT molecular complexity index is 582. The zero-order chi connectivity index (χ0) is 14.8. The van der Waals surface area contributed by atoms with Crippen LogP contribution in [0.1, 0.15) is 37.6 Å². The Morgan fingerprint density at radius 1 is 1.25 bits per heavy atom. The van der Waals surface area contributed by atoms with Crippen LogP contribution in [0.15, 0.2) is 32.8 Å². The number of benzene rings is 1. The van der Waals surface area contributed by atoms with Gasteiger partial charge in [0, 0.05) is 28.1 Å². The lowest BCUT2D eigenvalue weighted by Crippen LogP contribution is -2.35. The second-order valence-electron chi connectivity index (χ2n) is 6.06. The second-order valence-corrected chi connectivity index (χ2v) is 8.21. The maximum Gasteiger partial charge on any atom is 0.154 e. The van der Waals surface area contributed by atoms with Gasteiger partial charge in [0.15, 0.2) is 4.34 Å². The number of aryl methyl sites for hydroxylation is 2. The average Bonchev–Trinajstić information content (AvgIpc) is 2.74. The molecule has 0 aliphatic carbocycles. The van der Waals surface area contributed by atoms with E-state index in [0.29, 0.717) is 0 Å². The van der Waals surface area contributed by atoms with E-state index in [1.54, 1.807) is 23.1 Å². The predicted octanol–water partition coefficient (Wildman–Crippen LogP) is 4.80. The molecular weight excluding hydrogens is 284 g/mol. The van der Waals surface area contributed by atoms with Gasteiger partial charge in [-0.05, 0) is 51.8 Å². The maximum absolute atomic E-state index is 4.51.